The number of hydrogen-bond donors (Lipinski definition) is 1. The Hall–Kier alpha value is -2.73. The van der Waals surface area contributed by atoms with Crippen LogP contribution in [0.4, 0.5) is 5.82 Å². The molecule has 4 rings (SSSR count). The maximum absolute atomic E-state index is 12.9. The molecule has 0 radical (unpaired) electrons. The Kier molecular flexibility index (Phi) is 5.13. The molecule has 1 aromatic carbocycles. The van der Waals surface area contributed by atoms with Gasteiger partial charge in [0, 0.05) is 36.2 Å². The minimum atomic E-state index is -0.321. The van der Waals surface area contributed by atoms with E-state index in [4.69, 9.17) is 0 Å². The second-order valence-electron chi connectivity index (χ2n) is 8.57. The van der Waals surface area contributed by atoms with Crippen molar-refractivity contribution in [3.8, 4) is 0 Å². The zero-order chi connectivity index (χ0) is 20.6. The standard InChI is InChI=1S/C23H28N4O2/c1-16-12-21-24-19(14-22(27(21)25-16)26-10-4-5-11-26)13-20(29)17-6-8-18(9-7-17)23(2,3)15-28/h6-9,12,14,28H,4-5,10-11,13,15H2,1-3H3. The zero-order valence-corrected chi connectivity index (χ0v) is 17.4. The minimum Gasteiger partial charge on any atom is -0.395 e. The van der Waals surface area contributed by atoms with Crippen LogP contribution in [0, 0.1) is 6.92 Å². The first-order valence-corrected chi connectivity index (χ1v) is 10.2. The number of aromatic nitrogens is 3. The lowest BCUT2D eigenvalue weighted by molar-refractivity contribution is 0.0992. The molecule has 3 aromatic rings. The Morgan fingerprint density at radius 3 is 2.48 bits per heavy atom. The van der Waals surface area contributed by atoms with Crippen molar-refractivity contribution in [3.05, 3.63) is 58.9 Å². The van der Waals surface area contributed by atoms with Crippen LogP contribution < -0.4 is 4.90 Å². The number of aliphatic hydroxyl groups excluding tert-OH is 1. The molecular formula is C23H28N4O2. The summed E-state index contributed by atoms with van der Waals surface area (Å²) in [5.74, 6) is 1.06. The van der Waals surface area contributed by atoms with Gasteiger partial charge in [0.1, 0.15) is 5.82 Å². The lowest BCUT2D eigenvalue weighted by Gasteiger charge is -2.22. The van der Waals surface area contributed by atoms with Gasteiger partial charge in [-0.05, 0) is 25.3 Å². The molecule has 6 heteroatoms. The van der Waals surface area contributed by atoms with Crippen molar-refractivity contribution in [2.75, 3.05) is 24.6 Å². The van der Waals surface area contributed by atoms with Crippen molar-refractivity contribution in [3.63, 3.8) is 0 Å². The van der Waals surface area contributed by atoms with E-state index in [1.807, 2.05) is 61.7 Å². The number of fused-ring (bicyclic) bond motifs is 1. The van der Waals surface area contributed by atoms with E-state index in [9.17, 15) is 9.90 Å². The van der Waals surface area contributed by atoms with Crippen LogP contribution in [-0.2, 0) is 11.8 Å². The van der Waals surface area contributed by atoms with Gasteiger partial charge in [-0.25, -0.2) is 4.98 Å². The van der Waals surface area contributed by atoms with Gasteiger partial charge in [0.25, 0.3) is 0 Å². The average molecular weight is 393 g/mol. The van der Waals surface area contributed by atoms with Gasteiger partial charge in [0.05, 0.1) is 24.4 Å². The van der Waals surface area contributed by atoms with Gasteiger partial charge in [-0.3, -0.25) is 4.79 Å². The van der Waals surface area contributed by atoms with Crippen LogP contribution in [0.2, 0.25) is 0 Å². The fourth-order valence-electron chi connectivity index (χ4n) is 3.85. The van der Waals surface area contributed by atoms with Gasteiger partial charge in [-0.1, -0.05) is 38.1 Å². The molecule has 152 valence electrons. The molecule has 0 spiro atoms. The largest absolute Gasteiger partial charge is 0.395 e. The Bertz CT molecular complexity index is 1030. The fraction of sp³-hybridized carbons (Fsp3) is 0.435. The number of carbonyl (C=O) groups excluding carboxylic acids is 1. The Morgan fingerprint density at radius 2 is 1.83 bits per heavy atom. The van der Waals surface area contributed by atoms with Crippen molar-refractivity contribution < 1.29 is 9.90 Å². The monoisotopic (exact) mass is 392 g/mol. The van der Waals surface area contributed by atoms with Crippen LogP contribution >= 0.6 is 0 Å². The highest BCUT2D eigenvalue weighted by molar-refractivity contribution is 5.97. The van der Waals surface area contributed by atoms with Crippen molar-refractivity contribution >= 4 is 17.2 Å². The zero-order valence-electron chi connectivity index (χ0n) is 17.4. The highest BCUT2D eigenvalue weighted by Gasteiger charge is 2.21. The van der Waals surface area contributed by atoms with Gasteiger partial charge in [-0.2, -0.15) is 9.61 Å². The van der Waals surface area contributed by atoms with Crippen LogP contribution in [-0.4, -0.2) is 45.2 Å². The van der Waals surface area contributed by atoms with E-state index < -0.39 is 0 Å². The number of aliphatic hydroxyl groups is 1. The molecule has 0 saturated carbocycles. The molecule has 1 fully saturated rings. The summed E-state index contributed by atoms with van der Waals surface area (Å²) >= 11 is 0. The molecule has 0 bridgehead atoms. The summed E-state index contributed by atoms with van der Waals surface area (Å²) in [6.45, 7) is 8.00. The third-order valence-electron chi connectivity index (χ3n) is 5.74. The number of benzene rings is 1. The molecule has 1 aliphatic rings. The first kappa shape index (κ1) is 19.6. The smallest absolute Gasteiger partial charge is 0.168 e. The molecule has 29 heavy (non-hydrogen) atoms. The molecule has 6 nitrogen and oxygen atoms in total. The number of aryl methyl sites for hydroxylation is 1. The molecule has 0 aliphatic carbocycles. The number of nitrogens with zero attached hydrogens (tertiary/aromatic N) is 4. The van der Waals surface area contributed by atoms with E-state index in [0.717, 1.165) is 41.5 Å². The summed E-state index contributed by atoms with van der Waals surface area (Å²) in [7, 11) is 0. The summed E-state index contributed by atoms with van der Waals surface area (Å²) in [5.41, 5.74) is 3.83. The molecule has 0 unspecified atom stereocenters. The van der Waals surface area contributed by atoms with Crippen LogP contribution in [0.25, 0.3) is 5.65 Å². The molecule has 0 atom stereocenters. The topological polar surface area (TPSA) is 70.7 Å². The summed E-state index contributed by atoms with van der Waals surface area (Å²) in [6.07, 6.45) is 2.61. The van der Waals surface area contributed by atoms with E-state index in [2.05, 4.69) is 15.0 Å². The van der Waals surface area contributed by atoms with Gasteiger partial charge in [0.15, 0.2) is 11.4 Å². The van der Waals surface area contributed by atoms with Crippen LogP contribution in [0.3, 0.4) is 0 Å². The third kappa shape index (κ3) is 3.90. The van der Waals surface area contributed by atoms with E-state index >= 15 is 0 Å². The molecule has 3 heterocycles. The first-order chi connectivity index (χ1) is 13.9. The Morgan fingerprint density at radius 1 is 1.14 bits per heavy atom. The Labute approximate surface area is 171 Å². The second-order valence-corrected chi connectivity index (χ2v) is 8.57. The molecule has 1 N–H and O–H groups in total. The minimum absolute atomic E-state index is 0.0406. The van der Waals surface area contributed by atoms with Gasteiger partial charge >= 0.3 is 0 Å². The van der Waals surface area contributed by atoms with Crippen molar-refractivity contribution in [2.45, 2.75) is 45.4 Å². The lowest BCUT2D eigenvalue weighted by atomic mass is 9.85. The number of hydrogen-bond acceptors (Lipinski definition) is 5. The molecule has 1 aliphatic heterocycles. The van der Waals surface area contributed by atoms with Crippen molar-refractivity contribution in [1.82, 2.24) is 14.6 Å². The van der Waals surface area contributed by atoms with Crippen LogP contribution in [0.1, 0.15) is 54.0 Å². The highest BCUT2D eigenvalue weighted by Crippen LogP contribution is 2.25. The van der Waals surface area contributed by atoms with Crippen molar-refractivity contribution in [1.29, 1.82) is 0 Å². The first-order valence-electron chi connectivity index (χ1n) is 10.2. The molecule has 2 aromatic heterocycles. The molecule has 1 saturated heterocycles. The van der Waals surface area contributed by atoms with Gasteiger partial charge in [-0.15, -0.1) is 0 Å². The predicted molar refractivity (Wildman–Crippen MR) is 114 cm³/mol. The highest BCUT2D eigenvalue weighted by atomic mass is 16.3. The van der Waals surface area contributed by atoms with Crippen LogP contribution in [0.5, 0.6) is 0 Å². The summed E-state index contributed by atoms with van der Waals surface area (Å²) in [6, 6.07) is 11.5. The van der Waals surface area contributed by atoms with E-state index in [-0.39, 0.29) is 24.2 Å². The number of rotatable bonds is 6. The van der Waals surface area contributed by atoms with Gasteiger partial charge < -0.3 is 10.0 Å². The lowest BCUT2D eigenvalue weighted by Crippen LogP contribution is -2.22. The maximum Gasteiger partial charge on any atom is 0.168 e. The molecule has 0 amide bonds. The molecular weight excluding hydrogens is 364 g/mol. The number of Topliss-reactive ketones (excluding diaryl/α,β-unsaturated/α-hetero) is 1. The number of ketones is 1. The average Bonchev–Trinajstić information content (AvgIpc) is 3.36. The van der Waals surface area contributed by atoms with Crippen LogP contribution in [0.15, 0.2) is 36.4 Å². The summed E-state index contributed by atoms with van der Waals surface area (Å²) in [5, 5.41) is 14.1. The quantitative estimate of drug-likeness (QED) is 0.652. The van der Waals surface area contributed by atoms with Crippen molar-refractivity contribution in [2.24, 2.45) is 0 Å². The van der Waals surface area contributed by atoms with E-state index in [1.165, 1.54) is 12.8 Å². The van der Waals surface area contributed by atoms with Gasteiger partial charge in [0.2, 0.25) is 0 Å². The predicted octanol–water partition coefficient (Wildman–Crippen LogP) is 3.33. The third-order valence-corrected chi connectivity index (χ3v) is 5.74. The van der Waals surface area contributed by atoms with E-state index in [1.54, 1.807) is 0 Å². The number of carbonyl (C=O) groups is 1. The summed E-state index contributed by atoms with van der Waals surface area (Å²) < 4.78 is 1.89. The fourth-order valence-corrected chi connectivity index (χ4v) is 3.85. The van der Waals surface area contributed by atoms with E-state index in [0.29, 0.717) is 5.56 Å². The maximum atomic E-state index is 12.9. The SMILES string of the molecule is Cc1cc2nc(CC(=O)c3ccc(C(C)(C)CO)cc3)cc(N3CCCC3)n2n1. The second kappa shape index (κ2) is 7.59. The normalized spacial score (nSPS) is 14.7. The number of anilines is 1. The summed E-state index contributed by atoms with van der Waals surface area (Å²) in [4.78, 5) is 19.9. The Balaban J connectivity index is 1.61.